The third-order valence-corrected chi connectivity index (χ3v) is 5.23. The van der Waals surface area contributed by atoms with Gasteiger partial charge in [0.1, 0.15) is 0 Å². The Morgan fingerprint density at radius 3 is 2.60 bits per heavy atom. The minimum Gasteiger partial charge on any atom is -0.336 e. The number of amides is 1. The Bertz CT molecular complexity index is 505. The second kappa shape index (κ2) is 5.86. The number of rotatable bonds is 3. The van der Waals surface area contributed by atoms with Crippen LogP contribution in [0.2, 0.25) is 0 Å². The van der Waals surface area contributed by atoms with Crippen LogP contribution in [0, 0.1) is 12.8 Å². The molecule has 1 aromatic carbocycles. The van der Waals surface area contributed by atoms with E-state index in [4.69, 9.17) is 0 Å². The van der Waals surface area contributed by atoms with E-state index in [2.05, 4.69) is 20.8 Å². The van der Waals surface area contributed by atoms with Crippen molar-refractivity contribution < 1.29 is 4.79 Å². The van der Waals surface area contributed by atoms with E-state index >= 15 is 0 Å². The van der Waals surface area contributed by atoms with Gasteiger partial charge in [0.2, 0.25) is 0 Å². The highest BCUT2D eigenvalue weighted by molar-refractivity contribution is 9.10. The van der Waals surface area contributed by atoms with Gasteiger partial charge in [0.25, 0.3) is 5.91 Å². The lowest BCUT2D eigenvalue weighted by molar-refractivity contribution is 0.0631. The van der Waals surface area contributed by atoms with Crippen LogP contribution in [-0.2, 0) is 0 Å². The first kappa shape index (κ1) is 14.1. The Labute approximate surface area is 129 Å². The van der Waals surface area contributed by atoms with Crippen LogP contribution in [0.15, 0.2) is 22.7 Å². The molecule has 1 aliphatic carbocycles. The molecule has 3 rings (SSSR count). The first-order chi connectivity index (χ1) is 9.65. The first-order valence-corrected chi connectivity index (χ1v) is 8.21. The SMILES string of the molecule is Cc1c(Br)cccc1C(=O)N1CCN(CC2CC2)CC1. The molecule has 3 nitrogen and oxygen atoms in total. The molecule has 2 fully saturated rings. The molecular formula is C16H21BrN2O. The van der Waals surface area contributed by atoms with Crippen molar-refractivity contribution in [2.24, 2.45) is 5.92 Å². The van der Waals surface area contributed by atoms with Crippen LogP contribution in [0.3, 0.4) is 0 Å². The molecule has 0 unspecified atom stereocenters. The highest BCUT2D eigenvalue weighted by Gasteiger charge is 2.28. The van der Waals surface area contributed by atoms with Crippen LogP contribution < -0.4 is 0 Å². The van der Waals surface area contributed by atoms with Gasteiger partial charge in [-0.25, -0.2) is 0 Å². The van der Waals surface area contributed by atoms with Crippen LogP contribution in [0.1, 0.15) is 28.8 Å². The summed E-state index contributed by atoms with van der Waals surface area (Å²) in [4.78, 5) is 17.1. The van der Waals surface area contributed by atoms with E-state index in [9.17, 15) is 4.79 Å². The molecule has 2 aliphatic rings. The number of hydrogen-bond donors (Lipinski definition) is 0. The van der Waals surface area contributed by atoms with Crippen molar-refractivity contribution in [2.75, 3.05) is 32.7 Å². The number of carbonyl (C=O) groups is 1. The normalized spacial score (nSPS) is 20.2. The first-order valence-electron chi connectivity index (χ1n) is 7.42. The molecular weight excluding hydrogens is 316 g/mol. The van der Waals surface area contributed by atoms with E-state index in [1.807, 2.05) is 30.0 Å². The summed E-state index contributed by atoms with van der Waals surface area (Å²) in [5.74, 6) is 1.11. The largest absolute Gasteiger partial charge is 0.336 e. The van der Waals surface area contributed by atoms with E-state index < -0.39 is 0 Å². The number of hydrogen-bond acceptors (Lipinski definition) is 2. The van der Waals surface area contributed by atoms with Crippen LogP contribution in [0.5, 0.6) is 0 Å². The highest BCUT2D eigenvalue weighted by atomic mass is 79.9. The fourth-order valence-electron chi connectivity index (χ4n) is 2.81. The lowest BCUT2D eigenvalue weighted by atomic mass is 10.1. The minimum absolute atomic E-state index is 0.176. The van der Waals surface area contributed by atoms with Crippen LogP contribution in [0.25, 0.3) is 0 Å². The fourth-order valence-corrected chi connectivity index (χ4v) is 3.17. The quantitative estimate of drug-likeness (QED) is 0.847. The number of halogens is 1. The maximum Gasteiger partial charge on any atom is 0.254 e. The van der Waals surface area contributed by atoms with Crippen LogP contribution in [0.4, 0.5) is 0 Å². The second-order valence-electron chi connectivity index (χ2n) is 5.95. The molecule has 0 N–H and O–H groups in total. The molecule has 1 saturated carbocycles. The lowest BCUT2D eigenvalue weighted by Crippen LogP contribution is -2.49. The van der Waals surface area contributed by atoms with Gasteiger partial charge < -0.3 is 4.90 Å². The molecule has 0 spiro atoms. The third kappa shape index (κ3) is 3.07. The summed E-state index contributed by atoms with van der Waals surface area (Å²) in [7, 11) is 0. The molecule has 1 aliphatic heterocycles. The van der Waals surface area contributed by atoms with Gasteiger partial charge in [-0.15, -0.1) is 0 Å². The molecule has 20 heavy (non-hydrogen) atoms. The molecule has 108 valence electrons. The van der Waals surface area contributed by atoms with E-state index in [1.165, 1.54) is 19.4 Å². The summed E-state index contributed by atoms with van der Waals surface area (Å²) < 4.78 is 1.01. The van der Waals surface area contributed by atoms with Gasteiger partial charge in [-0.3, -0.25) is 9.69 Å². The van der Waals surface area contributed by atoms with Crippen LogP contribution in [-0.4, -0.2) is 48.4 Å². The van der Waals surface area contributed by atoms with Gasteiger partial charge in [0.05, 0.1) is 0 Å². The molecule has 1 amide bonds. The number of piperazine rings is 1. The van der Waals surface area contributed by atoms with Crippen molar-refractivity contribution in [1.82, 2.24) is 9.80 Å². The van der Waals surface area contributed by atoms with Gasteiger partial charge in [0.15, 0.2) is 0 Å². The fraction of sp³-hybridized carbons (Fsp3) is 0.562. The summed E-state index contributed by atoms with van der Waals surface area (Å²) >= 11 is 3.50. The summed E-state index contributed by atoms with van der Waals surface area (Å²) in [5.41, 5.74) is 1.87. The van der Waals surface area contributed by atoms with Crippen molar-refractivity contribution in [3.8, 4) is 0 Å². The van der Waals surface area contributed by atoms with E-state index in [-0.39, 0.29) is 5.91 Å². The number of benzene rings is 1. The maximum absolute atomic E-state index is 12.6. The molecule has 0 atom stereocenters. The molecule has 0 radical (unpaired) electrons. The van der Waals surface area contributed by atoms with Crippen LogP contribution >= 0.6 is 15.9 Å². The van der Waals surface area contributed by atoms with Gasteiger partial charge in [-0.2, -0.15) is 0 Å². The standard InChI is InChI=1S/C16H21BrN2O/c1-12-14(3-2-4-15(12)17)16(20)19-9-7-18(8-10-19)11-13-5-6-13/h2-4,13H,5-11H2,1H3. The molecule has 0 bridgehead atoms. The predicted octanol–water partition coefficient (Wildman–Crippen LogP) is 2.93. The maximum atomic E-state index is 12.6. The summed E-state index contributed by atoms with van der Waals surface area (Å²) in [6.45, 7) is 7.00. The molecule has 1 heterocycles. The average Bonchev–Trinajstić information content (AvgIpc) is 3.26. The molecule has 1 aromatic rings. The van der Waals surface area contributed by atoms with Crippen molar-refractivity contribution in [3.63, 3.8) is 0 Å². The summed E-state index contributed by atoms with van der Waals surface area (Å²) in [6, 6.07) is 5.85. The lowest BCUT2D eigenvalue weighted by Gasteiger charge is -2.35. The van der Waals surface area contributed by atoms with Gasteiger partial charge in [-0.05, 0) is 43.4 Å². The van der Waals surface area contributed by atoms with E-state index in [0.717, 1.165) is 47.7 Å². The highest BCUT2D eigenvalue weighted by Crippen LogP contribution is 2.30. The third-order valence-electron chi connectivity index (χ3n) is 4.37. The minimum atomic E-state index is 0.176. The monoisotopic (exact) mass is 336 g/mol. The average molecular weight is 337 g/mol. The number of carbonyl (C=O) groups excluding carboxylic acids is 1. The molecule has 4 heteroatoms. The second-order valence-corrected chi connectivity index (χ2v) is 6.80. The Morgan fingerprint density at radius 2 is 1.95 bits per heavy atom. The summed E-state index contributed by atoms with van der Waals surface area (Å²) in [6.07, 6.45) is 2.80. The van der Waals surface area contributed by atoms with Crippen molar-refractivity contribution in [1.29, 1.82) is 0 Å². The zero-order valence-electron chi connectivity index (χ0n) is 11.9. The summed E-state index contributed by atoms with van der Waals surface area (Å²) in [5, 5.41) is 0. The van der Waals surface area contributed by atoms with Gasteiger partial charge in [-0.1, -0.05) is 22.0 Å². The smallest absolute Gasteiger partial charge is 0.254 e. The van der Waals surface area contributed by atoms with Crippen molar-refractivity contribution >= 4 is 21.8 Å². The van der Waals surface area contributed by atoms with Crippen molar-refractivity contribution in [3.05, 3.63) is 33.8 Å². The Morgan fingerprint density at radius 1 is 1.25 bits per heavy atom. The Hall–Kier alpha value is -0.870. The van der Waals surface area contributed by atoms with Gasteiger partial charge >= 0.3 is 0 Å². The van der Waals surface area contributed by atoms with Gasteiger partial charge in [0, 0.05) is 42.8 Å². The Kier molecular flexibility index (Phi) is 4.13. The zero-order chi connectivity index (χ0) is 14.1. The Balaban J connectivity index is 1.62. The molecule has 0 aromatic heterocycles. The zero-order valence-corrected chi connectivity index (χ0v) is 13.5. The predicted molar refractivity (Wildman–Crippen MR) is 83.9 cm³/mol. The van der Waals surface area contributed by atoms with E-state index in [0.29, 0.717) is 0 Å². The molecule has 1 saturated heterocycles. The van der Waals surface area contributed by atoms with Crippen molar-refractivity contribution in [2.45, 2.75) is 19.8 Å². The topological polar surface area (TPSA) is 23.6 Å². The number of nitrogens with zero attached hydrogens (tertiary/aromatic N) is 2. The van der Waals surface area contributed by atoms with E-state index in [1.54, 1.807) is 0 Å².